The van der Waals surface area contributed by atoms with Crippen molar-refractivity contribution >= 4 is 0 Å². The molecule has 1 aromatic heterocycles. The first kappa shape index (κ1) is 14.5. The maximum atomic E-state index is 12.1. The van der Waals surface area contributed by atoms with Crippen LogP contribution in [0.25, 0.3) is 0 Å². The molecule has 21 heavy (non-hydrogen) atoms. The molecule has 2 bridgehead atoms. The summed E-state index contributed by atoms with van der Waals surface area (Å²) in [6.07, 6.45) is 1.33. The Balaban J connectivity index is 2.09. The zero-order chi connectivity index (χ0) is 15.4. The molecule has 1 aliphatic carbocycles. The van der Waals surface area contributed by atoms with Gasteiger partial charge in [0.2, 0.25) is 0 Å². The number of aliphatic hydroxyl groups excluding tert-OH is 2. The molecule has 3 N–H and O–H groups in total. The Kier molecular flexibility index (Phi) is 3.31. The first-order chi connectivity index (χ1) is 9.89. The van der Waals surface area contributed by atoms with Crippen molar-refractivity contribution in [2.75, 3.05) is 6.61 Å². The van der Waals surface area contributed by atoms with Crippen LogP contribution in [-0.4, -0.2) is 38.1 Å². The van der Waals surface area contributed by atoms with Gasteiger partial charge in [0.15, 0.2) is 0 Å². The smallest absolute Gasteiger partial charge is 0.330 e. The van der Waals surface area contributed by atoms with Gasteiger partial charge in [0.05, 0.1) is 12.7 Å². The molecule has 0 aromatic carbocycles. The standard InChI is InChI=1S/C14H20N2O5/c1-7-3-4-14(6-17)10(18)9(7)12(21-14)16-5-8(2)11(19)15-13(16)20/h5,7,9-10,12,17-18H,3-4,6H2,1-2H3,(H,15,19,20)/t7-,9-,10+,12-,14-/m1/s1. The molecule has 2 fully saturated rings. The third-order valence-corrected chi connectivity index (χ3v) is 4.96. The second-order valence-electron chi connectivity index (χ2n) is 6.25. The Bertz CT molecular complexity index is 666. The van der Waals surface area contributed by atoms with Gasteiger partial charge in [-0.15, -0.1) is 0 Å². The van der Waals surface area contributed by atoms with Crippen molar-refractivity contribution in [2.45, 2.75) is 44.6 Å². The molecule has 1 saturated carbocycles. The Labute approximate surface area is 121 Å². The first-order valence-corrected chi connectivity index (χ1v) is 7.18. The summed E-state index contributed by atoms with van der Waals surface area (Å²) in [6.45, 7) is 3.32. The molecule has 7 nitrogen and oxygen atoms in total. The van der Waals surface area contributed by atoms with E-state index in [0.717, 1.165) is 6.42 Å². The van der Waals surface area contributed by atoms with E-state index < -0.39 is 29.2 Å². The van der Waals surface area contributed by atoms with Crippen molar-refractivity contribution < 1.29 is 14.9 Å². The molecule has 2 heterocycles. The van der Waals surface area contributed by atoms with Gasteiger partial charge in [0.25, 0.3) is 5.56 Å². The molecule has 1 aromatic rings. The number of aromatic amines is 1. The Morgan fingerprint density at radius 1 is 1.52 bits per heavy atom. The van der Waals surface area contributed by atoms with Gasteiger partial charge in [0, 0.05) is 17.7 Å². The fourth-order valence-electron chi connectivity index (χ4n) is 3.59. The van der Waals surface area contributed by atoms with Crippen molar-refractivity contribution in [1.82, 2.24) is 9.55 Å². The summed E-state index contributed by atoms with van der Waals surface area (Å²) in [6, 6.07) is 0. The van der Waals surface area contributed by atoms with Crippen LogP contribution in [-0.2, 0) is 4.74 Å². The van der Waals surface area contributed by atoms with E-state index in [4.69, 9.17) is 4.74 Å². The van der Waals surface area contributed by atoms with E-state index >= 15 is 0 Å². The highest BCUT2D eigenvalue weighted by molar-refractivity contribution is 5.08. The van der Waals surface area contributed by atoms with Crippen molar-refractivity contribution in [3.63, 3.8) is 0 Å². The molecule has 0 spiro atoms. The van der Waals surface area contributed by atoms with Gasteiger partial charge >= 0.3 is 5.69 Å². The van der Waals surface area contributed by atoms with E-state index in [1.165, 1.54) is 10.8 Å². The van der Waals surface area contributed by atoms with E-state index in [2.05, 4.69) is 4.98 Å². The average molecular weight is 296 g/mol. The number of aryl methyl sites for hydroxylation is 1. The van der Waals surface area contributed by atoms with Crippen LogP contribution in [0.3, 0.4) is 0 Å². The van der Waals surface area contributed by atoms with E-state index in [1.54, 1.807) is 6.92 Å². The molecular weight excluding hydrogens is 276 g/mol. The maximum absolute atomic E-state index is 12.1. The van der Waals surface area contributed by atoms with E-state index in [1.807, 2.05) is 6.92 Å². The fourth-order valence-corrected chi connectivity index (χ4v) is 3.59. The van der Waals surface area contributed by atoms with Crippen LogP contribution in [0.1, 0.15) is 31.6 Å². The molecule has 116 valence electrons. The minimum absolute atomic E-state index is 0.159. The monoisotopic (exact) mass is 296 g/mol. The number of nitrogens with zero attached hydrogens (tertiary/aromatic N) is 1. The van der Waals surface area contributed by atoms with Crippen LogP contribution in [0.4, 0.5) is 0 Å². The quantitative estimate of drug-likeness (QED) is 0.683. The lowest BCUT2D eigenvalue weighted by atomic mass is 9.72. The normalized spacial score (nSPS) is 38.7. The molecule has 5 atom stereocenters. The molecule has 7 heteroatoms. The average Bonchev–Trinajstić information content (AvgIpc) is 2.63. The lowest BCUT2D eigenvalue weighted by molar-refractivity contribution is -0.133. The topological polar surface area (TPSA) is 105 Å². The second-order valence-corrected chi connectivity index (χ2v) is 6.25. The summed E-state index contributed by atoms with van der Waals surface area (Å²) < 4.78 is 7.23. The third kappa shape index (κ3) is 1.99. The molecule has 2 aliphatic rings. The lowest BCUT2D eigenvalue weighted by Gasteiger charge is -2.37. The zero-order valence-electron chi connectivity index (χ0n) is 12.1. The molecule has 0 amide bonds. The van der Waals surface area contributed by atoms with Gasteiger partial charge in [-0.3, -0.25) is 14.3 Å². The predicted molar refractivity (Wildman–Crippen MR) is 73.9 cm³/mol. The summed E-state index contributed by atoms with van der Waals surface area (Å²) >= 11 is 0. The van der Waals surface area contributed by atoms with Crippen LogP contribution in [0.5, 0.6) is 0 Å². The number of hydrogen-bond acceptors (Lipinski definition) is 5. The zero-order valence-corrected chi connectivity index (χ0v) is 12.1. The number of hydrogen-bond donors (Lipinski definition) is 3. The van der Waals surface area contributed by atoms with Crippen molar-refractivity contribution in [3.8, 4) is 0 Å². The van der Waals surface area contributed by atoms with E-state index in [9.17, 15) is 19.8 Å². The van der Waals surface area contributed by atoms with Crippen LogP contribution < -0.4 is 11.2 Å². The number of fused-ring (bicyclic) bond motifs is 2. The van der Waals surface area contributed by atoms with Gasteiger partial charge in [-0.05, 0) is 25.7 Å². The van der Waals surface area contributed by atoms with Crippen LogP contribution >= 0.6 is 0 Å². The Morgan fingerprint density at radius 2 is 2.24 bits per heavy atom. The van der Waals surface area contributed by atoms with Gasteiger partial charge in [-0.2, -0.15) is 0 Å². The number of aliphatic hydroxyl groups is 2. The molecule has 1 saturated heterocycles. The summed E-state index contributed by atoms with van der Waals surface area (Å²) in [5, 5.41) is 20.1. The molecule has 1 aliphatic heterocycles. The Morgan fingerprint density at radius 3 is 2.90 bits per heavy atom. The highest BCUT2D eigenvalue weighted by Crippen LogP contribution is 2.51. The predicted octanol–water partition coefficient (Wildman–Crippen LogP) is -0.488. The molecule has 0 unspecified atom stereocenters. The summed E-state index contributed by atoms with van der Waals surface area (Å²) in [7, 11) is 0. The highest BCUT2D eigenvalue weighted by atomic mass is 16.6. The van der Waals surface area contributed by atoms with E-state index in [0.29, 0.717) is 12.0 Å². The SMILES string of the molecule is Cc1cn([C@@H]2O[C@@]3(CO)CC[C@@H](C)[C@@H]2[C@@H]3O)c(=O)[nH]c1=O. The summed E-state index contributed by atoms with van der Waals surface area (Å²) in [5.74, 6) is -0.125. The first-order valence-electron chi connectivity index (χ1n) is 7.18. The van der Waals surface area contributed by atoms with Gasteiger partial charge in [-0.1, -0.05) is 6.92 Å². The lowest BCUT2D eigenvalue weighted by Crippen LogP contribution is -2.49. The largest absolute Gasteiger partial charge is 0.393 e. The fraction of sp³-hybridized carbons (Fsp3) is 0.714. The van der Waals surface area contributed by atoms with Crippen LogP contribution in [0.2, 0.25) is 0 Å². The second kappa shape index (κ2) is 4.79. The number of rotatable bonds is 2. The minimum atomic E-state index is -1.01. The third-order valence-electron chi connectivity index (χ3n) is 4.96. The van der Waals surface area contributed by atoms with Crippen molar-refractivity contribution in [1.29, 1.82) is 0 Å². The van der Waals surface area contributed by atoms with E-state index in [-0.39, 0.29) is 18.4 Å². The number of nitrogens with one attached hydrogen (secondary N) is 1. The Hall–Kier alpha value is -1.44. The van der Waals surface area contributed by atoms with Crippen LogP contribution in [0, 0.1) is 18.8 Å². The number of H-pyrrole nitrogens is 1. The van der Waals surface area contributed by atoms with Crippen molar-refractivity contribution in [2.24, 2.45) is 11.8 Å². The molecular formula is C14H20N2O5. The van der Waals surface area contributed by atoms with Crippen LogP contribution in [0.15, 0.2) is 15.8 Å². The molecule has 3 rings (SSSR count). The van der Waals surface area contributed by atoms with Gasteiger partial charge in [-0.25, -0.2) is 4.79 Å². The minimum Gasteiger partial charge on any atom is -0.393 e. The highest BCUT2D eigenvalue weighted by Gasteiger charge is 2.59. The summed E-state index contributed by atoms with van der Waals surface area (Å²) in [5.41, 5.74) is -1.59. The van der Waals surface area contributed by atoms with Crippen molar-refractivity contribution in [3.05, 3.63) is 32.6 Å². The van der Waals surface area contributed by atoms with Gasteiger partial charge < -0.3 is 14.9 Å². The number of aromatic nitrogens is 2. The van der Waals surface area contributed by atoms with Gasteiger partial charge in [0.1, 0.15) is 11.8 Å². The maximum Gasteiger partial charge on any atom is 0.330 e. The summed E-state index contributed by atoms with van der Waals surface area (Å²) in [4.78, 5) is 25.8. The number of ether oxygens (including phenoxy) is 1. The molecule has 0 radical (unpaired) electrons.